The molecular formula is C19H21NO5. The summed E-state index contributed by atoms with van der Waals surface area (Å²) in [4.78, 5) is 24.0. The Morgan fingerprint density at radius 1 is 1.04 bits per heavy atom. The molecule has 0 aromatic heterocycles. The van der Waals surface area contributed by atoms with Crippen molar-refractivity contribution in [2.75, 3.05) is 13.7 Å². The monoisotopic (exact) mass is 343 g/mol. The molecule has 2 unspecified atom stereocenters. The van der Waals surface area contributed by atoms with Crippen molar-refractivity contribution in [3.05, 3.63) is 66.2 Å². The van der Waals surface area contributed by atoms with Gasteiger partial charge in [0.05, 0.1) is 0 Å². The van der Waals surface area contributed by atoms with E-state index in [0.29, 0.717) is 11.3 Å². The van der Waals surface area contributed by atoms with E-state index in [1.165, 1.54) is 7.11 Å². The van der Waals surface area contributed by atoms with Gasteiger partial charge in [0.25, 0.3) is 5.91 Å². The zero-order chi connectivity index (χ0) is 18.1. The van der Waals surface area contributed by atoms with Gasteiger partial charge in [0.2, 0.25) is 6.10 Å². The van der Waals surface area contributed by atoms with Crippen molar-refractivity contribution < 1.29 is 24.2 Å². The highest BCUT2D eigenvalue weighted by molar-refractivity contribution is 5.87. The molecule has 0 fully saturated rings. The van der Waals surface area contributed by atoms with E-state index in [1.807, 2.05) is 12.1 Å². The normalized spacial score (nSPS) is 12.8. The van der Waals surface area contributed by atoms with Crippen LogP contribution in [0.4, 0.5) is 0 Å². The number of carbonyl (C=O) groups is 2. The molecule has 6 nitrogen and oxygen atoms in total. The molecule has 0 bridgehead atoms. The molecule has 0 heterocycles. The quantitative estimate of drug-likeness (QED) is 0.730. The van der Waals surface area contributed by atoms with Crippen LogP contribution in [0.1, 0.15) is 18.1 Å². The third kappa shape index (κ3) is 5.61. The van der Waals surface area contributed by atoms with Crippen molar-refractivity contribution >= 4 is 11.9 Å². The first-order chi connectivity index (χ1) is 12.1. The Balaban J connectivity index is 2.19. The van der Waals surface area contributed by atoms with Crippen LogP contribution in [0.25, 0.3) is 0 Å². The Labute approximate surface area is 146 Å². The first-order valence-electron chi connectivity index (χ1n) is 7.90. The molecule has 25 heavy (non-hydrogen) atoms. The number of benzene rings is 2. The van der Waals surface area contributed by atoms with Gasteiger partial charge in [0.15, 0.2) is 0 Å². The van der Waals surface area contributed by atoms with E-state index < -0.39 is 24.0 Å². The number of carboxylic acid groups (broad SMARTS) is 1. The summed E-state index contributed by atoms with van der Waals surface area (Å²) >= 11 is 0. The number of rotatable bonds is 9. The first kappa shape index (κ1) is 18.5. The van der Waals surface area contributed by atoms with Crippen LogP contribution >= 0.6 is 0 Å². The lowest BCUT2D eigenvalue weighted by Gasteiger charge is -2.22. The number of hydrogen-bond donors (Lipinski definition) is 2. The number of methoxy groups -OCH3 is 1. The highest BCUT2D eigenvalue weighted by Crippen LogP contribution is 2.22. The number of carbonyl (C=O) groups excluding carboxylic acids is 1. The summed E-state index contributed by atoms with van der Waals surface area (Å²) in [6, 6.07) is 16.8. The lowest BCUT2D eigenvalue weighted by Crippen LogP contribution is -2.44. The molecule has 2 N–H and O–H groups in total. The van der Waals surface area contributed by atoms with Crippen LogP contribution in [-0.4, -0.2) is 36.7 Å². The van der Waals surface area contributed by atoms with Crippen molar-refractivity contribution in [1.82, 2.24) is 5.32 Å². The SMILES string of the molecule is COCCC(NC(=O)C(Oc1ccccc1)c1ccccc1)C(=O)O. The standard InChI is InChI=1S/C19H21NO5/c1-24-13-12-16(19(22)23)20-18(21)17(14-8-4-2-5-9-14)25-15-10-6-3-7-11-15/h2-11,16-17H,12-13H2,1H3,(H,20,21)(H,22,23). The van der Waals surface area contributed by atoms with E-state index in [1.54, 1.807) is 48.5 Å². The first-order valence-corrected chi connectivity index (χ1v) is 7.90. The van der Waals surface area contributed by atoms with Crippen LogP contribution in [0.3, 0.4) is 0 Å². The second kappa shape index (κ2) is 9.44. The average molecular weight is 343 g/mol. The van der Waals surface area contributed by atoms with Gasteiger partial charge in [-0.3, -0.25) is 4.79 Å². The average Bonchev–Trinajstić information content (AvgIpc) is 2.64. The third-order valence-corrected chi connectivity index (χ3v) is 3.56. The fraction of sp³-hybridized carbons (Fsp3) is 0.263. The third-order valence-electron chi connectivity index (χ3n) is 3.56. The minimum atomic E-state index is -1.11. The summed E-state index contributed by atoms with van der Waals surface area (Å²) in [5, 5.41) is 11.8. The molecule has 2 aromatic rings. The van der Waals surface area contributed by atoms with Gasteiger partial charge in [-0.05, 0) is 12.1 Å². The highest BCUT2D eigenvalue weighted by atomic mass is 16.5. The van der Waals surface area contributed by atoms with Gasteiger partial charge in [-0.15, -0.1) is 0 Å². The molecule has 0 aliphatic carbocycles. The Morgan fingerprint density at radius 2 is 1.64 bits per heavy atom. The maximum atomic E-state index is 12.7. The summed E-state index contributed by atoms with van der Waals surface area (Å²) < 4.78 is 10.7. The Kier molecular flexibility index (Phi) is 6.98. The number of amides is 1. The van der Waals surface area contributed by atoms with Gasteiger partial charge in [-0.2, -0.15) is 0 Å². The zero-order valence-corrected chi connectivity index (χ0v) is 13.9. The Morgan fingerprint density at radius 3 is 2.20 bits per heavy atom. The van der Waals surface area contributed by atoms with E-state index in [2.05, 4.69) is 5.32 Å². The highest BCUT2D eigenvalue weighted by Gasteiger charge is 2.27. The topological polar surface area (TPSA) is 84.9 Å². The molecule has 132 valence electrons. The summed E-state index contributed by atoms with van der Waals surface area (Å²) in [7, 11) is 1.48. The zero-order valence-electron chi connectivity index (χ0n) is 13.9. The van der Waals surface area contributed by atoms with Crippen LogP contribution < -0.4 is 10.1 Å². The molecule has 0 aliphatic heterocycles. The largest absolute Gasteiger partial charge is 0.480 e. The van der Waals surface area contributed by atoms with Crippen molar-refractivity contribution in [2.45, 2.75) is 18.6 Å². The molecule has 2 aromatic carbocycles. The van der Waals surface area contributed by atoms with Gasteiger partial charge in [-0.1, -0.05) is 48.5 Å². The van der Waals surface area contributed by atoms with E-state index in [0.717, 1.165) is 0 Å². The van der Waals surface area contributed by atoms with Crippen LogP contribution in [0.15, 0.2) is 60.7 Å². The predicted molar refractivity (Wildman–Crippen MR) is 92.3 cm³/mol. The van der Waals surface area contributed by atoms with Crippen LogP contribution in [-0.2, 0) is 14.3 Å². The molecule has 0 aliphatic rings. The van der Waals surface area contributed by atoms with E-state index in [-0.39, 0.29) is 13.0 Å². The maximum absolute atomic E-state index is 12.7. The minimum absolute atomic E-state index is 0.171. The smallest absolute Gasteiger partial charge is 0.326 e. The van der Waals surface area contributed by atoms with E-state index >= 15 is 0 Å². The van der Waals surface area contributed by atoms with Crippen LogP contribution in [0, 0.1) is 0 Å². The summed E-state index contributed by atoms with van der Waals surface area (Å²) in [5.74, 6) is -1.11. The van der Waals surface area contributed by atoms with Gasteiger partial charge in [0.1, 0.15) is 11.8 Å². The lowest BCUT2D eigenvalue weighted by molar-refractivity contribution is -0.143. The maximum Gasteiger partial charge on any atom is 0.326 e. The fourth-order valence-electron chi connectivity index (χ4n) is 2.28. The molecular weight excluding hydrogens is 322 g/mol. The molecule has 2 atom stereocenters. The van der Waals surface area contributed by atoms with Crippen molar-refractivity contribution in [3.63, 3.8) is 0 Å². The molecule has 0 saturated heterocycles. The van der Waals surface area contributed by atoms with Crippen LogP contribution in [0.2, 0.25) is 0 Å². The summed E-state index contributed by atoms with van der Waals surface area (Å²) in [5.41, 5.74) is 0.639. The van der Waals surface area contributed by atoms with Crippen LogP contribution in [0.5, 0.6) is 5.75 Å². The van der Waals surface area contributed by atoms with Crippen molar-refractivity contribution in [3.8, 4) is 5.75 Å². The number of carboxylic acids is 1. The number of hydrogen-bond acceptors (Lipinski definition) is 4. The molecule has 0 saturated carbocycles. The van der Waals surface area contributed by atoms with Crippen molar-refractivity contribution in [1.29, 1.82) is 0 Å². The summed E-state index contributed by atoms with van der Waals surface area (Å²) in [6.45, 7) is 0.229. The second-order valence-corrected chi connectivity index (χ2v) is 5.40. The molecule has 0 spiro atoms. The number of para-hydroxylation sites is 1. The molecule has 2 rings (SSSR count). The second-order valence-electron chi connectivity index (χ2n) is 5.40. The lowest BCUT2D eigenvalue weighted by atomic mass is 10.1. The molecule has 6 heteroatoms. The summed E-state index contributed by atoms with van der Waals surface area (Å²) in [6.07, 6.45) is -0.780. The van der Waals surface area contributed by atoms with Gasteiger partial charge in [-0.25, -0.2) is 4.79 Å². The number of aliphatic carboxylic acids is 1. The van der Waals surface area contributed by atoms with Gasteiger partial charge < -0.3 is 19.9 Å². The fourth-order valence-corrected chi connectivity index (χ4v) is 2.28. The van der Waals surface area contributed by atoms with E-state index in [9.17, 15) is 14.7 Å². The van der Waals surface area contributed by atoms with Gasteiger partial charge in [0, 0.05) is 25.7 Å². The number of ether oxygens (including phenoxy) is 2. The Hall–Kier alpha value is -2.86. The Bertz CT molecular complexity index is 675. The molecule has 0 radical (unpaired) electrons. The predicted octanol–water partition coefficient (Wildman–Crippen LogP) is 2.41. The van der Waals surface area contributed by atoms with Crippen molar-refractivity contribution in [2.24, 2.45) is 0 Å². The van der Waals surface area contributed by atoms with Gasteiger partial charge >= 0.3 is 5.97 Å². The molecule has 1 amide bonds. The minimum Gasteiger partial charge on any atom is -0.480 e. The number of nitrogens with one attached hydrogen (secondary N) is 1. The van der Waals surface area contributed by atoms with E-state index in [4.69, 9.17) is 9.47 Å².